The third-order valence-corrected chi connectivity index (χ3v) is 4.72. The van der Waals surface area contributed by atoms with Gasteiger partial charge in [-0.25, -0.2) is 4.79 Å². The Morgan fingerprint density at radius 3 is 2.38 bits per heavy atom. The molecule has 2 rings (SSSR count). The highest BCUT2D eigenvalue weighted by Crippen LogP contribution is 2.19. The molecule has 1 aromatic rings. The van der Waals surface area contributed by atoms with Crippen molar-refractivity contribution in [3.63, 3.8) is 0 Å². The van der Waals surface area contributed by atoms with Crippen LogP contribution in [0.4, 0.5) is 4.79 Å². The Balaban J connectivity index is 2.07. The van der Waals surface area contributed by atoms with Crippen molar-refractivity contribution in [3.05, 3.63) is 35.9 Å². The van der Waals surface area contributed by atoms with E-state index in [1.54, 1.807) is 0 Å². The summed E-state index contributed by atoms with van der Waals surface area (Å²) in [6, 6.07) is 8.85. The summed E-state index contributed by atoms with van der Waals surface area (Å²) in [7, 11) is 0. The van der Waals surface area contributed by atoms with Gasteiger partial charge in [-0.15, -0.1) is 0 Å². The zero-order valence-electron chi connectivity index (χ0n) is 17.0. The summed E-state index contributed by atoms with van der Waals surface area (Å²) in [4.78, 5) is 36.2. The van der Waals surface area contributed by atoms with E-state index in [-0.39, 0.29) is 18.4 Å². The normalized spacial score (nSPS) is 16.6. The molecule has 0 aliphatic heterocycles. The first-order valence-electron chi connectivity index (χ1n) is 10.0. The Morgan fingerprint density at radius 2 is 1.83 bits per heavy atom. The zero-order valence-corrected chi connectivity index (χ0v) is 17.0. The molecule has 0 spiro atoms. The molecule has 0 bridgehead atoms. The average molecular weight is 405 g/mol. The van der Waals surface area contributed by atoms with Crippen LogP contribution in [0.25, 0.3) is 0 Å². The highest BCUT2D eigenvalue weighted by Gasteiger charge is 2.33. The van der Waals surface area contributed by atoms with Gasteiger partial charge in [-0.1, -0.05) is 44.2 Å². The van der Waals surface area contributed by atoms with Gasteiger partial charge < -0.3 is 26.2 Å². The molecular weight excluding hydrogens is 374 g/mol. The lowest BCUT2D eigenvalue weighted by molar-refractivity contribution is -0.135. The van der Waals surface area contributed by atoms with Gasteiger partial charge in [-0.05, 0) is 43.6 Å². The van der Waals surface area contributed by atoms with Gasteiger partial charge in [0.05, 0.1) is 6.04 Å². The zero-order chi connectivity index (χ0) is 21.4. The predicted molar refractivity (Wildman–Crippen MR) is 108 cm³/mol. The topological polar surface area (TPSA) is 131 Å². The first-order valence-corrected chi connectivity index (χ1v) is 10.0. The molecule has 0 heterocycles. The van der Waals surface area contributed by atoms with Crippen molar-refractivity contribution in [1.29, 1.82) is 0 Å². The lowest BCUT2D eigenvalue weighted by Gasteiger charge is -2.26. The number of aliphatic hydroxyl groups excluding tert-OH is 1. The monoisotopic (exact) mass is 405 g/mol. The fourth-order valence-corrected chi connectivity index (χ4v) is 3.03. The van der Waals surface area contributed by atoms with E-state index in [9.17, 15) is 19.5 Å². The standard InChI is InChI=1S/C21H31N3O5/c1-13(2)12-17(29-21(22)28)19(26)24-16(11-8-14-6-4-3-5-7-14)18(25)20(27)23-15-9-10-15/h3-7,13,15-18,25H,8-12H2,1-2H3,(H2,22,28)(H,23,27)(H,24,26)/t16-,17-,18?/m0/s1. The number of carbonyl (C=O) groups is 3. The summed E-state index contributed by atoms with van der Waals surface area (Å²) in [6.45, 7) is 3.77. The van der Waals surface area contributed by atoms with Gasteiger partial charge in [0.1, 0.15) is 0 Å². The maximum Gasteiger partial charge on any atom is 0.405 e. The molecule has 8 heteroatoms. The molecule has 160 valence electrons. The molecule has 0 aromatic heterocycles. The second-order valence-electron chi connectivity index (χ2n) is 7.92. The van der Waals surface area contributed by atoms with Crippen LogP contribution in [0.15, 0.2) is 30.3 Å². The summed E-state index contributed by atoms with van der Waals surface area (Å²) in [5.74, 6) is -1.01. The number of benzene rings is 1. The van der Waals surface area contributed by atoms with Crippen molar-refractivity contribution in [2.45, 2.75) is 70.2 Å². The fraction of sp³-hybridized carbons (Fsp3) is 0.571. The number of aliphatic hydroxyl groups is 1. The first kappa shape index (κ1) is 22.7. The molecule has 1 unspecified atom stereocenters. The van der Waals surface area contributed by atoms with Crippen molar-refractivity contribution < 1.29 is 24.2 Å². The van der Waals surface area contributed by atoms with Crippen molar-refractivity contribution >= 4 is 17.9 Å². The lowest BCUT2D eigenvalue weighted by Crippen LogP contribution is -2.54. The number of ether oxygens (including phenoxy) is 1. The van der Waals surface area contributed by atoms with Gasteiger partial charge in [0.15, 0.2) is 12.2 Å². The molecule has 3 atom stereocenters. The van der Waals surface area contributed by atoms with Crippen LogP contribution in [-0.4, -0.2) is 47.3 Å². The minimum Gasteiger partial charge on any atom is -0.436 e. The first-order chi connectivity index (χ1) is 13.8. The van der Waals surface area contributed by atoms with Crippen LogP contribution in [0.3, 0.4) is 0 Å². The van der Waals surface area contributed by atoms with Crippen LogP contribution in [-0.2, 0) is 20.7 Å². The van der Waals surface area contributed by atoms with E-state index in [0.717, 1.165) is 18.4 Å². The molecule has 1 saturated carbocycles. The maximum absolute atomic E-state index is 12.7. The second-order valence-corrected chi connectivity index (χ2v) is 7.92. The van der Waals surface area contributed by atoms with Crippen molar-refractivity contribution in [3.8, 4) is 0 Å². The minimum absolute atomic E-state index is 0.0796. The van der Waals surface area contributed by atoms with Crippen LogP contribution in [0, 0.1) is 5.92 Å². The van der Waals surface area contributed by atoms with Crippen LogP contribution >= 0.6 is 0 Å². The van der Waals surface area contributed by atoms with E-state index in [4.69, 9.17) is 10.5 Å². The molecule has 1 aliphatic rings. The molecule has 1 fully saturated rings. The Morgan fingerprint density at radius 1 is 1.17 bits per heavy atom. The maximum atomic E-state index is 12.7. The number of rotatable bonds is 11. The van der Waals surface area contributed by atoms with Crippen molar-refractivity contribution in [2.24, 2.45) is 11.7 Å². The number of amides is 3. The summed E-state index contributed by atoms with van der Waals surface area (Å²) in [5, 5.41) is 16.0. The molecular formula is C21H31N3O5. The number of nitrogens with one attached hydrogen (secondary N) is 2. The molecule has 29 heavy (non-hydrogen) atoms. The Hall–Kier alpha value is -2.61. The van der Waals surface area contributed by atoms with Gasteiger partial charge >= 0.3 is 6.09 Å². The van der Waals surface area contributed by atoms with Crippen molar-refractivity contribution in [2.75, 3.05) is 0 Å². The Bertz CT molecular complexity index is 691. The summed E-state index contributed by atoms with van der Waals surface area (Å²) >= 11 is 0. The summed E-state index contributed by atoms with van der Waals surface area (Å²) in [5.41, 5.74) is 6.11. The highest BCUT2D eigenvalue weighted by atomic mass is 16.6. The van der Waals surface area contributed by atoms with E-state index < -0.39 is 36.2 Å². The smallest absolute Gasteiger partial charge is 0.405 e. The Kier molecular flexibility index (Phi) is 8.45. The average Bonchev–Trinajstić information content (AvgIpc) is 3.47. The third-order valence-electron chi connectivity index (χ3n) is 4.72. The van der Waals surface area contributed by atoms with Crippen molar-refractivity contribution in [1.82, 2.24) is 10.6 Å². The molecule has 5 N–H and O–H groups in total. The van der Waals surface area contributed by atoms with Crippen LogP contribution in [0.2, 0.25) is 0 Å². The highest BCUT2D eigenvalue weighted by molar-refractivity contribution is 5.86. The number of nitrogens with two attached hydrogens (primary N) is 1. The number of aryl methyl sites for hydroxylation is 1. The molecule has 3 amide bonds. The molecule has 8 nitrogen and oxygen atoms in total. The predicted octanol–water partition coefficient (Wildman–Crippen LogP) is 1.25. The van der Waals surface area contributed by atoms with Gasteiger partial charge in [-0.3, -0.25) is 9.59 Å². The largest absolute Gasteiger partial charge is 0.436 e. The second kappa shape index (κ2) is 10.8. The van der Waals surface area contributed by atoms with E-state index in [1.807, 2.05) is 44.2 Å². The van der Waals surface area contributed by atoms with Gasteiger partial charge in [0.2, 0.25) is 0 Å². The number of carbonyl (C=O) groups excluding carboxylic acids is 3. The summed E-state index contributed by atoms with van der Waals surface area (Å²) < 4.78 is 4.95. The van der Waals surface area contributed by atoms with E-state index in [0.29, 0.717) is 12.8 Å². The quantitative estimate of drug-likeness (QED) is 0.440. The number of primary amides is 1. The van der Waals surface area contributed by atoms with E-state index in [1.165, 1.54) is 0 Å². The molecule has 1 aromatic carbocycles. The van der Waals surface area contributed by atoms with Gasteiger partial charge in [-0.2, -0.15) is 0 Å². The number of hydrogen-bond donors (Lipinski definition) is 4. The Labute approximate surface area is 171 Å². The molecule has 1 aliphatic carbocycles. The minimum atomic E-state index is -1.41. The summed E-state index contributed by atoms with van der Waals surface area (Å²) in [6.07, 6.45) is -0.555. The van der Waals surface area contributed by atoms with Gasteiger partial charge in [0.25, 0.3) is 11.8 Å². The van der Waals surface area contributed by atoms with E-state index >= 15 is 0 Å². The lowest BCUT2D eigenvalue weighted by atomic mass is 9.99. The fourth-order valence-electron chi connectivity index (χ4n) is 3.03. The van der Waals surface area contributed by atoms with Crippen LogP contribution in [0.5, 0.6) is 0 Å². The van der Waals surface area contributed by atoms with Crippen LogP contribution < -0.4 is 16.4 Å². The van der Waals surface area contributed by atoms with Gasteiger partial charge in [0, 0.05) is 6.04 Å². The number of hydrogen-bond acceptors (Lipinski definition) is 5. The third kappa shape index (κ3) is 8.11. The molecule has 0 saturated heterocycles. The van der Waals surface area contributed by atoms with E-state index in [2.05, 4.69) is 10.6 Å². The van der Waals surface area contributed by atoms with Crippen LogP contribution in [0.1, 0.15) is 45.1 Å². The SMILES string of the molecule is CC(C)C[C@H](OC(N)=O)C(=O)N[C@@H](CCc1ccccc1)C(O)C(=O)NC1CC1. The molecule has 0 radical (unpaired) electrons.